The molecule has 0 aromatic heterocycles. The lowest BCUT2D eigenvalue weighted by Gasteiger charge is -2.32. The van der Waals surface area contributed by atoms with E-state index in [0.29, 0.717) is 6.54 Å². The minimum Gasteiger partial charge on any atom is -0.341 e. The minimum atomic E-state index is -0.237. The van der Waals surface area contributed by atoms with Crippen LogP contribution in [-0.2, 0) is 4.79 Å². The number of urea groups is 1. The van der Waals surface area contributed by atoms with Gasteiger partial charge in [-0.2, -0.15) is 0 Å². The molecule has 3 amide bonds. The van der Waals surface area contributed by atoms with Gasteiger partial charge in [0, 0.05) is 31.6 Å². The van der Waals surface area contributed by atoms with E-state index in [0.717, 1.165) is 36.2 Å². The number of nitrogens with one attached hydrogen (secondary N) is 2. The van der Waals surface area contributed by atoms with Crippen molar-refractivity contribution in [2.45, 2.75) is 25.8 Å². The maximum atomic E-state index is 12.4. The number of hydrogen-bond acceptors (Lipinski definition) is 2. The molecule has 2 N–H and O–H groups in total. The summed E-state index contributed by atoms with van der Waals surface area (Å²) in [7, 11) is 0. The number of nitrogens with zero attached hydrogens (tertiary/aromatic N) is 1. The predicted octanol–water partition coefficient (Wildman–Crippen LogP) is 3.49. The lowest BCUT2D eigenvalue weighted by Crippen LogP contribution is -2.50. The summed E-state index contributed by atoms with van der Waals surface area (Å²) in [6.45, 7) is 2.91. The van der Waals surface area contributed by atoms with Crippen molar-refractivity contribution in [3.63, 3.8) is 0 Å². The fraction of sp³-hybridized carbons (Fsp3) is 0.300. The van der Waals surface area contributed by atoms with Crippen LogP contribution in [-0.4, -0.2) is 36.0 Å². The Balaban J connectivity index is 1.67. The summed E-state index contributed by atoms with van der Waals surface area (Å²) in [5.74, 6) is 0.0568. The van der Waals surface area contributed by atoms with Gasteiger partial charge in [0.25, 0.3) is 0 Å². The smallest absolute Gasteiger partial charge is 0.319 e. The van der Waals surface area contributed by atoms with Crippen molar-refractivity contribution >= 4 is 17.6 Å². The number of anilines is 1. The quantitative estimate of drug-likeness (QED) is 0.901. The van der Waals surface area contributed by atoms with Crippen LogP contribution in [0.4, 0.5) is 10.5 Å². The predicted molar refractivity (Wildman–Crippen MR) is 99.3 cm³/mol. The molecule has 0 bridgehead atoms. The number of amides is 3. The Morgan fingerprint density at radius 2 is 1.76 bits per heavy atom. The van der Waals surface area contributed by atoms with Crippen molar-refractivity contribution in [1.82, 2.24) is 10.2 Å². The normalized spacial score (nSPS) is 17.0. The van der Waals surface area contributed by atoms with Crippen molar-refractivity contribution in [3.8, 4) is 11.1 Å². The number of likely N-dealkylation sites (tertiary alicyclic amines) is 1. The van der Waals surface area contributed by atoms with Crippen LogP contribution in [0.3, 0.4) is 0 Å². The SMILES string of the molecule is CC(=O)N1CCC[C@@H](NC(=O)Nc2ccccc2-c2ccccc2)C1. The monoisotopic (exact) mass is 337 g/mol. The van der Waals surface area contributed by atoms with E-state index in [4.69, 9.17) is 0 Å². The number of carbonyl (C=O) groups excluding carboxylic acids is 2. The summed E-state index contributed by atoms with van der Waals surface area (Å²) in [6.07, 6.45) is 1.79. The Hall–Kier alpha value is -2.82. The van der Waals surface area contributed by atoms with Gasteiger partial charge in [0.15, 0.2) is 0 Å². The van der Waals surface area contributed by atoms with Crippen LogP contribution in [0.1, 0.15) is 19.8 Å². The zero-order chi connectivity index (χ0) is 17.6. The fourth-order valence-electron chi connectivity index (χ4n) is 3.19. The van der Waals surface area contributed by atoms with Crippen LogP contribution in [0, 0.1) is 0 Å². The highest BCUT2D eigenvalue weighted by molar-refractivity contribution is 5.94. The first-order valence-corrected chi connectivity index (χ1v) is 8.61. The topological polar surface area (TPSA) is 61.4 Å². The Kier molecular flexibility index (Phi) is 5.33. The number of piperidine rings is 1. The average molecular weight is 337 g/mol. The molecule has 25 heavy (non-hydrogen) atoms. The zero-order valence-electron chi connectivity index (χ0n) is 14.4. The molecule has 1 heterocycles. The first-order valence-electron chi connectivity index (χ1n) is 8.61. The van der Waals surface area contributed by atoms with Gasteiger partial charge in [0.2, 0.25) is 5.91 Å². The first-order chi connectivity index (χ1) is 12.1. The van der Waals surface area contributed by atoms with E-state index in [1.807, 2.05) is 54.6 Å². The molecule has 3 rings (SSSR count). The lowest BCUT2D eigenvalue weighted by atomic mass is 10.0. The van der Waals surface area contributed by atoms with Gasteiger partial charge in [-0.1, -0.05) is 48.5 Å². The van der Waals surface area contributed by atoms with E-state index in [2.05, 4.69) is 10.6 Å². The molecule has 2 aromatic rings. The number of benzene rings is 2. The molecule has 5 heteroatoms. The number of hydrogen-bond donors (Lipinski definition) is 2. The minimum absolute atomic E-state index is 0.0125. The third-order valence-corrected chi connectivity index (χ3v) is 4.46. The van der Waals surface area contributed by atoms with Crippen LogP contribution in [0.25, 0.3) is 11.1 Å². The van der Waals surface area contributed by atoms with Gasteiger partial charge in [-0.25, -0.2) is 4.79 Å². The molecule has 1 fully saturated rings. The summed E-state index contributed by atoms with van der Waals surface area (Å²) < 4.78 is 0. The van der Waals surface area contributed by atoms with Crippen LogP contribution in [0.5, 0.6) is 0 Å². The summed E-state index contributed by atoms with van der Waals surface area (Å²) in [6, 6.07) is 17.4. The van der Waals surface area contributed by atoms with Crippen molar-refractivity contribution in [3.05, 3.63) is 54.6 Å². The molecule has 5 nitrogen and oxygen atoms in total. The largest absolute Gasteiger partial charge is 0.341 e. The Labute approximate surface area is 148 Å². The van der Waals surface area contributed by atoms with E-state index >= 15 is 0 Å². The standard InChI is InChI=1S/C20H23N3O2/c1-15(24)23-13-7-10-17(14-23)21-20(25)22-19-12-6-5-11-18(19)16-8-3-2-4-9-16/h2-6,8-9,11-12,17H,7,10,13-14H2,1H3,(H2,21,22,25)/t17-/m1/s1. The first kappa shape index (κ1) is 17.0. The van der Waals surface area contributed by atoms with Gasteiger partial charge < -0.3 is 15.5 Å². The lowest BCUT2D eigenvalue weighted by molar-refractivity contribution is -0.130. The van der Waals surface area contributed by atoms with Gasteiger partial charge in [-0.3, -0.25) is 4.79 Å². The number of carbonyl (C=O) groups is 2. The third kappa shape index (κ3) is 4.38. The number of rotatable bonds is 3. The molecular formula is C20H23N3O2. The van der Waals surface area contributed by atoms with Crippen molar-refractivity contribution < 1.29 is 9.59 Å². The molecule has 2 aromatic carbocycles. The highest BCUT2D eigenvalue weighted by Gasteiger charge is 2.23. The molecule has 1 saturated heterocycles. The van der Waals surface area contributed by atoms with E-state index in [1.54, 1.807) is 11.8 Å². The molecule has 0 aliphatic carbocycles. The van der Waals surface area contributed by atoms with E-state index in [-0.39, 0.29) is 18.0 Å². The molecule has 0 unspecified atom stereocenters. The Morgan fingerprint density at radius 1 is 1.04 bits per heavy atom. The highest BCUT2D eigenvalue weighted by atomic mass is 16.2. The number of para-hydroxylation sites is 1. The van der Waals surface area contributed by atoms with Crippen LogP contribution < -0.4 is 10.6 Å². The van der Waals surface area contributed by atoms with Gasteiger partial charge in [0.05, 0.1) is 5.69 Å². The van der Waals surface area contributed by atoms with Gasteiger partial charge in [0.1, 0.15) is 0 Å². The highest BCUT2D eigenvalue weighted by Crippen LogP contribution is 2.27. The van der Waals surface area contributed by atoms with Crippen LogP contribution in [0.2, 0.25) is 0 Å². The van der Waals surface area contributed by atoms with Gasteiger partial charge in [-0.15, -0.1) is 0 Å². The molecule has 130 valence electrons. The van der Waals surface area contributed by atoms with Gasteiger partial charge in [-0.05, 0) is 24.5 Å². The van der Waals surface area contributed by atoms with E-state index in [9.17, 15) is 9.59 Å². The summed E-state index contributed by atoms with van der Waals surface area (Å²) >= 11 is 0. The maximum Gasteiger partial charge on any atom is 0.319 e. The molecule has 1 aliphatic rings. The summed E-state index contributed by atoms with van der Waals surface area (Å²) in [5.41, 5.74) is 2.80. The molecule has 1 atom stereocenters. The van der Waals surface area contributed by atoms with E-state index < -0.39 is 0 Å². The van der Waals surface area contributed by atoms with Crippen molar-refractivity contribution in [2.75, 3.05) is 18.4 Å². The molecule has 0 radical (unpaired) electrons. The maximum absolute atomic E-state index is 12.4. The zero-order valence-corrected chi connectivity index (χ0v) is 14.4. The second-order valence-corrected chi connectivity index (χ2v) is 6.31. The van der Waals surface area contributed by atoms with Gasteiger partial charge >= 0.3 is 6.03 Å². The molecule has 0 spiro atoms. The Bertz CT molecular complexity index is 746. The molecule has 1 aliphatic heterocycles. The van der Waals surface area contributed by atoms with Crippen molar-refractivity contribution in [2.24, 2.45) is 0 Å². The van der Waals surface area contributed by atoms with Crippen LogP contribution in [0.15, 0.2) is 54.6 Å². The second kappa shape index (κ2) is 7.83. The second-order valence-electron chi connectivity index (χ2n) is 6.31. The molecule has 0 saturated carbocycles. The summed E-state index contributed by atoms with van der Waals surface area (Å²) in [5, 5.41) is 5.93. The Morgan fingerprint density at radius 3 is 2.52 bits per heavy atom. The van der Waals surface area contributed by atoms with Crippen molar-refractivity contribution in [1.29, 1.82) is 0 Å². The van der Waals surface area contributed by atoms with Crippen LogP contribution >= 0.6 is 0 Å². The molecular weight excluding hydrogens is 314 g/mol. The summed E-state index contributed by atoms with van der Waals surface area (Å²) in [4.78, 5) is 25.7. The van der Waals surface area contributed by atoms with E-state index in [1.165, 1.54) is 0 Å². The fourth-order valence-corrected chi connectivity index (χ4v) is 3.19. The third-order valence-electron chi connectivity index (χ3n) is 4.46. The average Bonchev–Trinajstić information content (AvgIpc) is 2.63.